The Morgan fingerprint density at radius 2 is 1.02 bits per heavy atom. The van der Waals surface area contributed by atoms with Crippen LogP contribution in [0.5, 0.6) is 0 Å². The van der Waals surface area contributed by atoms with Crippen LogP contribution >= 0.6 is 0 Å². The molecule has 0 spiro atoms. The predicted molar refractivity (Wildman–Crippen MR) is 241 cm³/mol. The number of aliphatic hydroxyl groups is 1. The molecular formula is C52H78O5. The summed E-state index contributed by atoms with van der Waals surface area (Å²) in [5.41, 5.74) is 2.34. The van der Waals surface area contributed by atoms with E-state index in [9.17, 15) is 19.5 Å². The molecule has 316 valence electrons. The molecule has 0 aliphatic heterocycles. The molecule has 2 aliphatic carbocycles. The van der Waals surface area contributed by atoms with E-state index in [0.717, 1.165) is 35.1 Å². The number of esters is 1. The van der Waals surface area contributed by atoms with Gasteiger partial charge in [-0.1, -0.05) is 195 Å². The van der Waals surface area contributed by atoms with Crippen LogP contribution in [-0.4, -0.2) is 34.9 Å². The molecule has 5 heteroatoms. The summed E-state index contributed by atoms with van der Waals surface area (Å²) < 4.78 is 5.98. The quantitative estimate of drug-likeness (QED) is 0.0483. The number of carbonyl (C=O) groups is 3. The van der Waals surface area contributed by atoms with Crippen LogP contribution in [0.3, 0.4) is 0 Å². The van der Waals surface area contributed by atoms with Crippen LogP contribution in [0.15, 0.2) is 107 Å². The van der Waals surface area contributed by atoms with Crippen LogP contribution in [0, 0.1) is 21.7 Å². The van der Waals surface area contributed by atoms with E-state index in [-0.39, 0.29) is 29.1 Å². The molecule has 2 aliphatic rings. The highest BCUT2D eigenvalue weighted by atomic mass is 16.5. The fraction of sp³-hybridized carbons (Fsp3) is 0.596. The van der Waals surface area contributed by atoms with Crippen LogP contribution < -0.4 is 0 Å². The van der Waals surface area contributed by atoms with Crippen molar-refractivity contribution >= 4 is 17.5 Å². The minimum atomic E-state index is -0.595. The van der Waals surface area contributed by atoms with E-state index in [0.29, 0.717) is 32.1 Å². The molecule has 1 N–H and O–H groups in total. The lowest BCUT2D eigenvalue weighted by Gasteiger charge is -2.39. The first-order valence-electron chi connectivity index (χ1n) is 21.8. The molecule has 0 unspecified atom stereocenters. The molecule has 0 aromatic heterocycles. The van der Waals surface area contributed by atoms with E-state index >= 15 is 0 Å². The van der Waals surface area contributed by atoms with Gasteiger partial charge in [-0.3, -0.25) is 14.4 Å². The van der Waals surface area contributed by atoms with Crippen molar-refractivity contribution in [1.82, 2.24) is 0 Å². The third kappa shape index (κ3) is 15.6. The van der Waals surface area contributed by atoms with Crippen LogP contribution in [0.2, 0.25) is 0 Å². The third-order valence-corrected chi connectivity index (χ3v) is 13.1. The van der Waals surface area contributed by atoms with Gasteiger partial charge in [-0.15, -0.1) is 0 Å². The van der Waals surface area contributed by atoms with Gasteiger partial charge < -0.3 is 9.84 Å². The summed E-state index contributed by atoms with van der Waals surface area (Å²) in [5.74, 6) is 0.0209. The second-order valence-corrected chi connectivity index (χ2v) is 18.6. The number of aliphatic hydroxyl groups excluding tert-OH is 1. The maximum Gasteiger partial charge on any atom is 0.306 e. The zero-order valence-electron chi connectivity index (χ0n) is 37.7. The maximum absolute atomic E-state index is 13.5. The SMILES string of the molecule is CCCCCCCCCCCC(=O)O[C@H]1CC[C@@](C)(C(=O)/C=C/C(C)=C/C=C/C(C)=C/C=C/C=C(C)/C=C/C=C(C)/C=C/C(=O)[C@]2(C)C[C@@H](O)CC2(C)C)C1(C)C. The number of hydrogen-bond acceptors (Lipinski definition) is 5. The Balaban J connectivity index is 1.82. The number of allylic oxidation sites excluding steroid dienone is 18. The molecule has 0 amide bonds. The van der Waals surface area contributed by atoms with Crippen molar-refractivity contribution in [1.29, 1.82) is 0 Å². The van der Waals surface area contributed by atoms with Crippen molar-refractivity contribution in [2.75, 3.05) is 0 Å². The van der Waals surface area contributed by atoms with Gasteiger partial charge >= 0.3 is 5.97 Å². The molecule has 2 rings (SSSR count). The predicted octanol–water partition coefficient (Wildman–Crippen LogP) is 13.5. The van der Waals surface area contributed by atoms with E-state index in [2.05, 4.69) is 34.6 Å². The molecule has 0 heterocycles. The van der Waals surface area contributed by atoms with Crippen molar-refractivity contribution in [2.24, 2.45) is 21.7 Å². The molecular weight excluding hydrogens is 705 g/mol. The van der Waals surface area contributed by atoms with Crippen LogP contribution in [-0.2, 0) is 19.1 Å². The molecule has 2 saturated carbocycles. The zero-order valence-corrected chi connectivity index (χ0v) is 37.7. The molecule has 5 nitrogen and oxygen atoms in total. The molecule has 0 bridgehead atoms. The van der Waals surface area contributed by atoms with Gasteiger partial charge in [-0.05, 0) is 77.4 Å². The van der Waals surface area contributed by atoms with Gasteiger partial charge in [-0.25, -0.2) is 0 Å². The second-order valence-electron chi connectivity index (χ2n) is 18.6. The Kier molecular flexibility index (Phi) is 20.6. The monoisotopic (exact) mass is 783 g/mol. The summed E-state index contributed by atoms with van der Waals surface area (Å²) in [6.45, 7) is 22.6. The number of ether oxygens (including phenoxy) is 1. The smallest absolute Gasteiger partial charge is 0.306 e. The highest BCUT2D eigenvalue weighted by Crippen LogP contribution is 2.55. The zero-order chi connectivity index (χ0) is 42.7. The van der Waals surface area contributed by atoms with Gasteiger partial charge in [0.05, 0.1) is 6.10 Å². The Bertz CT molecular complexity index is 1620. The van der Waals surface area contributed by atoms with Crippen LogP contribution in [0.4, 0.5) is 0 Å². The Morgan fingerprint density at radius 3 is 1.49 bits per heavy atom. The third-order valence-electron chi connectivity index (χ3n) is 13.1. The summed E-state index contributed by atoms with van der Waals surface area (Å²) >= 11 is 0. The first kappa shape index (κ1) is 49.6. The maximum atomic E-state index is 13.5. The number of ketones is 2. The molecule has 4 atom stereocenters. The molecule has 0 radical (unpaired) electrons. The topological polar surface area (TPSA) is 80.7 Å². The van der Waals surface area contributed by atoms with E-state index in [1.54, 1.807) is 12.2 Å². The van der Waals surface area contributed by atoms with Gasteiger partial charge in [0.1, 0.15) is 6.10 Å². The van der Waals surface area contributed by atoms with Crippen molar-refractivity contribution < 1.29 is 24.2 Å². The van der Waals surface area contributed by atoms with Gasteiger partial charge in [0, 0.05) is 22.7 Å². The number of carbonyl (C=O) groups excluding carboxylic acids is 3. The fourth-order valence-electron chi connectivity index (χ4n) is 8.09. The van der Waals surface area contributed by atoms with E-state index in [1.165, 1.54) is 44.9 Å². The standard InChI is InChI=1S/C52H78O5/c1-12-13-14-15-16-17-18-19-20-31-48(56)57-47-36-37-51(10,50(47,8)9)45(54)34-32-42(4)29-23-27-40(2)25-21-22-26-41(3)28-24-30-43(5)33-35-46(55)52(11)39-44(53)38-49(52,6)7/h21-30,32-35,44,47,53H,12-20,31,36-39H2,1-11H3/b22-21+,27-23+,28-24+,34-32+,35-33+,40-25+,41-26+,42-29+,43-30+/t44-,47-,51-,52-/m0/s1. The van der Waals surface area contributed by atoms with Crippen molar-refractivity contribution in [3.05, 3.63) is 107 Å². The summed E-state index contributed by atoms with van der Waals surface area (Å²) in [6, 6.07) is 0. The highest BCUT2D eigenvalue weighted by molar-refractivity contribution is 5.96. The van der Waals surface area contributed by atoms with Gasteiger partial charge in [0.15, 0.2) is 11.6 Å². The average molecular weight is 783 g/mol. The first-order valence-corrected chi connectivity index (χ1v) is 21.8. The summed E-state index contributed by atoms with van der Waals surface area (Å²) in [7, 11) is 0. The Labute approximate surface area is 348 Å². The summed E-state index contributed by atoms with van der Waals surface area (Å²) in [6.07, 6.45) is 40.5. The van der Waals surface area contributed by atoms with E-state index in [1.807, 2.05) is 114 Å². The van der Waals surface area contributed by atoms with Crippen LogP contribution in [0.25, 0.3) is 0 Å². The number of hydrogen-bond donors (Lipinski definition) is 1. The van der Waals surface area contributed by atoms with Gasteiger partial charge in [-0.2, -0.15) is 0 Å². The fourth-order valence-corrected chi connectivity index (χ4v) is 8.09. The lowest BCUT2D eigenvalue weighted by atomic mass is 9.66. The molecule has 0 aromatic rings. The molecule has 2 fully saturated rings. The largest absolute Gasteiger partial charge is 0.462 e. The normalized spacial score (nSPS) is 26.0. The van der Waals surface area contributed by atoms with E-state index in [4.69, 9.17) is 4.74 Å². The highest BCUT2D eigenvalue weighted by Gasteiger charge is 2.56. The lowest BCUT2D eigenvalue weighted by Crippen LogP contribution is -2.43. The second kappa shape index (κ2) is 23.7. The minimum absolute atomic E-state index is 0.0722. The van der Waals surface area contributed by atoms with Gasteiger partial charge in [0.25, 0.3) is 0 Å². The van der Waals surface area contributed by atoms with Crippen LogP contribution in [0.1, 0.15) is 166 Å². The summed E-state index contributed by atoms with van der Waals surface area (Å²) in [4.78, 5) is 39.3. The first-order chi connectivity index (χ1) is 26.8. The summed E-state index contributed by atoms with van der Waals surface area (Å²) in [5, 5.41) is 10.1. The Morgan fingerprint density at radius 1 is 0.579 bits per heavy atom. The van der Waals surface area contributed by atoms with Crippen molar-refractivity contribution in [2.45, 2.75) is 178 Å². The molecule has 0 saturated heterocycles. The van der Waals surface area contributed by atoms with Gasteiger partial charge in [0.2, 0.25) is 0 Å². The van der Waals surface area contributed by atoms with Crippen molar-refractivity contribution in [3.63, 3.8) is 0 Å². The number of rotatable bonds is 23. The lowest BCUT2D eigenvalue weighted by molar-refractivity contribution is -0.157. The minimum Gasteiger partial charge on any atom is -0.462 e. The number of unbranched alkanes of at least 4 members (excludes halogenated alkanes) is 8. The molecule has 0 aromatic carbocycles. The Hall–Kier alpha value is -3.57. The van der Waals surface area contributed by atoms with E-state index < -0.39 is 22.3 Å². The average Bonchev–Trinajstić information content (AvgIpc) is 3.51. The van der Waals surface area contributed by atoms with Crippen molar-refractivity contribution in [3.8, 4) is 0 Å². The molecule has 57 heavy (non-hydrogen) atoms.